The highest BCUT2D eigenvalue weighted by molar-refractivity contribution is 5.93. The number of nitrogens with one attached hydrogen (secondary N) is 1. The summed E-state index contributed by atoms with van der Waals surface area (Å²) in [5.74, 6) is 0.626. The van der Waals surface area contributed by atoms with Crippen molar-refractivity contribution in [2.24, 2.45) is 0 Å². The normalized spacial score (nSPS) is 21.7. The molecule has 6 heteroatoms. The molecule has 132 valence electrons. The molecule has 0 aliphatic carbocycles. The van der Waals surface area contributed by atoms with Gasteiger partial charge in [0.05, 0.1) is 38.7 Å². The second-order valence-corrected chi connectivity index (χ2v) is 6.53. The predicted molar refractivity (Wildman–Crippen MR) is 91.4 cm³/mol. The molecular weight excluding hydrogens is 308 g/mol. The van der Waals surface area contributed by atoms with E-state index in [1.54, 1.807) is 7.11 Å². The van der Waals surface area contributed by atoms with Crippen molar-refractivity contribution in [1.82, 2.24) is 4.90 Å². The Kier molecular flexibility index (Phi) is 5.38. The van der Waals surface area contributed by atoms with E-state index in [1.807, 2.05) is 24.3 Å². The van der Waals surface area contributed by atoms with Gasteiger partial charge in [0.15, 0.2) is 0 Å². The first-order valence-corrected chi connectivity index (χ1v) is 8.55. The number of ether oxygens (including phenoxy) is 3. The number of rotatable bonds is 7. The summed E-state index contributed by atoms with van der Waals surface area (Å²) in [5.41, 5.74) is 0.660. The Hall–Kier alpha value is -1.63. The van der Waals surface area contributed by atoms with E-state index in [2.05, 4.69) is 17.1 Å². The summed E-state index contributed by atoms with van der Waals surface area (Å²) in [5, 5.41) is 2.92. The fourth-order valence-corrected chi connectivity index (χ4v) is 3.30. The van der Waals surface area contributed by atoms with E-state index in [0.29, 0.717) is 31.2 Å². The number of benzene rings is 1. The van der Waals surface area contributed by atoms with Crippen molar-refractivity contribution in [3.05, 3.63) is 24.3 Å². The summed E-state index contributed by atoms with van der Waals surface area (Å²) in [6, 6.07) is 7.43. The molecule has 1 amide bonds. The number of carbonyl (C=O) groups excluding carboxylic acids is 1. The van der Waals surface area contributed by atoms with Gasteiger partial charge in [-0.3, -0.25) is 9.69 Å². The van der Waals surface area contributed by atoms with Crippen molar-refractivity contribution in [1.29, 1.82) is 0 Å². The quantitative estimate of drug-likeness (QED) is 0.825. The monoisotopic (exact) mass is 334 g/mol. The molecule has 24 heavy (non-hydrogen) atoms. The van der Waals surface area contributed by atoms with E-state index in [4.69, 9.17) is 14.2 Å². The highest BCUT2D eigenvalue weighted by atomic mass is 16.6. The van der Waals surface area contributed by atoms with Crippen LogP contribution in [0.5, 0.6) is 5.75 Å². The van der Waals surface area contributed by atoms with Crippen LogP contribution in [0.25, 0.3) is 0 Å². The highest BCUT2D eigenvalue weighted by Crippen LogP contribution is 2.36. The fourth-order valence-electron chi connectivity index (χ4n) is 3.30. The van der Waals surface area contributed by atoms with Gasteiger partial charge in [0.1, 0.15) is 11.4 Å². The van der Waals surface area contributed by atoms with Crippen LogP contribution in [0.3, 0.4) is 0 Å². The molecule has 6 nitrogen and oxygen atoms in total. The second-order valence-electron chi connectivity index (χ2n) is 6.53. The van der Waals surface area contributed by atoms with Crippen LogP contribution in [0.2, 0.25) is 0 Å². The average Bonchev–Trinajstić information content (AvgIpc) is 2.99. The molecule has 2 heterocycles. The van der Waals surface area contributed by atoms with E-state index in [-0.39, 0.29) is 17.6 Å². The zero-order valence-corrected chi connectivity index (χ0v) is 14.4. The smallest absolute Gasteiger partial charge is 0.238 e. The first kappa shape index (κ1) is 17.2. The molecule has 0 saturated carbocycles. The van der Waals surface area contributed by atoms with Crippen LogP contribution in [0.15, 0.2) is 24.3 Å². The molecule has 2 saturated heterocycles. The molecule has 2 aliphatic heterocycles. The van der Waals surface area contributed by atoms with Crippen molar-refractivity contribution < 1.29 is 19.0 Å². The molecular formula is C18H26N2O4. The SMILES string of the molecule is CCN(CC(=O)Nc1ccccc1OC)CC1CCC2(COC2)O1. The molecule has 1 N–H and O–H groups in total. The van der Waals surface area contributed by atoms with Gasteiger partial charge in [-0.15, -0.1) is 0 Å². The molecule has 2 fully saturated rings. The lowest BCUT2D eigenvalue weighted by atomic mass is 9.98. The van der Waals surface area contributed by atoms with E-state index in [0.717, 1.165) is 25.9 Å². The molecule has 1 unspecified atom stereocenters. The third-order valence-electron chi connectivity index (χ3n) is 4.73. The van der Waals surface area contributed by atoms with Crippen LogP contribution >= 0.6 is 0 Å². The van der Waals surface area contributed by atoms with Crippen molar-refractivity contribution in [2.45, 2.75) is 31.5 Å². The van der Waals surface area contributed by atoms with Crippen LogP contribution in [-0.4, -0.2) is 62.5 Å². The minimum Gasteiger partial charge on any atom is -0.495 e. The Morgan fingerprint density at radius 2 is 2.21 bits per heavy atom. The molecule has 0 aromatic heterocycles. The summed E-state index contributed by atoms with van der Waals surface area (Å²) in [6.07, 6.45) is 2.28. The van der Waals surface area contributed by atoms with Gasteiger partial charge in [-0.25, -0.2) is 0 Å². The maximum atomic E-state index is 12.3. The maximum Gasteiger partial charge on any atom is 0.238 e. The van der Waals surface area contributed by atoms with E-state index in [9.17, 15) is 4.79 Å². The molecule has 2 aliphatic rings. The van der Waals surface area contributed by atoms with Crippen LogP contribution in [0.4, 0.5) is 5.69 Å². The Bertz CT molecular complexity index is 574. The molecule has 1 spiro atoms. The number of likely N-dealkylation sites (N-methyl/N-ethyl adjacent to an activating group) is 1. The number of hydrogen-bond donors (Lipinski definition) is 1. The largest absolute Gasteiger partial charge is 0.495 e. The first-order valence-electron chi connectivity index (χ1n) is 8.55. The van der Waals surface area contributed by atoms with Gasteiger partial charge in [0, 0.05) is 6.54 Å². The maximum absolute atomic E-state index is 12.3. The second kappa shape index (κ2) is 7.51. The zero-order valence-electron chi connectivity index (χ0n) is 14.4. The van der Waals surface area contributed by atoms with Gasteiger partial charge >= 0.3 is 0 Å². The average molecular weight is 334 g/mol. The van der Waals surface area contributed by atoms with Crippen LogP contribution in [0.1, 0.15) is 19.8 Å². The minimum atomic E-state index is -0.0407. The van der Waals surface area contributed by atoms with Crippen molar-refractivity contribution in [2.75, 3.05) is 45.3 Å². The Morgan fingerprint density at radius 3 is 2.83 bits per heavy atom. The van der Waals surface area contributed by atoms with E-state index >= 15 is 0 Å². The Morgan fingerprint density at radius 1 is 1.42 bits per heavy atom. The molecule has 1 aromatic carbocycles. The van der Waals surface area contributed by atoms with E-state index in [1.165, 1.54) is 0 Å². The zero-order chi connectivity index (χ0) is 17.0. The summed E-state index contributed by atoms with van der Waals surface area (Å²) < 4.78 is 16.7. The first-order chi connectivity index (χ1) is 11.6. The molecule has 0 radical (unpaired) electrons. The van der Waals surface area contributed by atoms with Crippen LogP contribution in [-0.2, 0) is 14.3 Å². The number of methoxy groups -OCH3 is 1. The van der Waals surface area contributed by atoms with Gasteiger partial charge in [-0.2, -0.15) is 0 Å². The van der Waals surface area contributed by atoms with Gasteiger partial charge < -0.3 is 19.5 Å². The van der Waals surface area contributed by atoms with Crippen LogP contribution < -0.4 is 10.1 Å². The fraction of sp³-hybridized carbons (Fsp3) is 0.611. The van der Waals surface area contributed by atoms with Gasteiger partial charge in [0.2, 0.25) is 5.91 Å². The third-order valence-corrected chi connectivity index (χ3v) is 4.73. The summed E-state index contributed by atoms with van der Waals surface area (Å²) in [7, 11) is 1.60. The lowest BCUT2D eigenvalue weighted by Gasteiger charge is -2.38. The standard InChI is InChI=1S/C18H26N2O4/c1-3-20(10-14-8-9-18(24-14)12-23-13-18)11-17(21)19-15-6-4-5-7-16(15)22-2/h4-7,14H,3,8-13H2,1-2H3,(H,19,21). The van der Waals surface area contributed by atoms with Crippen molar-refractivity contribution in [3.63, 3.8) is 0 Å². The van der Waals surface area contributed by atoms with Gasteiger partial charge in [0.25, 0.3) is 0 Å². The summed E-state index contributed by atoms with van der Waals surface area (Å²) in [6.45, 7) is 5.42. The van der Waals surface area contributed by atoms with Gasteiger partial charge in [-0.1, -0.05) is 19.1 Å². The van der Waals surface area contributed by atoms with Crippen LogP contribution in [0, 0.1) is 0 Å². The molecule has 3 rings (SSSR count). The Balaban J connectivity index is 1.50. The van der Waals surface area contributed by atoms with Crippen molar-refractivity contribution in [3.8, 4) is 5.75 Å². The number of hydrogen-bond acceptors (Lipinski definition) is 5. The highest BCUT2D eigenvalue weighted by Gasteiger charge is 2.46. The number of nitrogens with zero attached hydrogens (tertiary/aromatic N) is 1. The summed E-state index contributed by atoms with van der Waals surface area (Å²) >= 11 is 0. The lowest BCUT2D eigenvalue weighted by molar-refractivity contribution is -0.201. The van der Waals surface area contributed by atoms with E-state index < -0.39 is 0 Å². The number of carbonyl (C=O) groups is 1. The summed E-state index contributed by atoms with van der Waals surface area (Å²) in [4.78, 5) is 14.5. The minimum absolute atomic E-state index is 0.0380. The topological polar surface area (TPSA) is 60.0 Å². The number of para-hydroxylation sites is 2. The number of amides is 1. The number of anilines is 1. The molecule has 1 aromatic rings. The lowest BCUT2D eigenvalue weighted by Crippen LogP contribution is -2.50. The van der Waals surface area contributed by atoms with Crippen molar-refractivity contribution >= 4 is 11.6 Å². The predicted octanol–water partition coefficient (Wildman–Crippen LogP) is 1.90. The third kappa shape index (κ3) is 3.88. The van der Waals surface area contributed by atoms with Gasteiger partial charge in [-0.05, 0) is 31.5 Å². The Labute approximate surface area is 143 Å². The molecule has 0 bridgehead atoms. The molecule has 1 atom stereocenters.